The van der Waals surface area contributed by atoms with Crippen molar-refractivity contribution >= 4 is 17.2 Å². The molecule has 1 aliphatic heterocycles. The first-order valence-corrected chi connectivity index (χ1v) is 9.22. The van der Waals surface area contributed by atoms with Crippen LogP contribution >= 0.6 is 11.3 Å². The number of ether oxygens (including phenoxy) is 1. The van der Waals surface area contributed by atoms with E-state index in [1.807, 2.05) is 29.2 Å². The van der Waals surface area contributed by atoms with E-state index < -0.39 is 0 Å². The molecule has 1 atom stereocenters. The number of aryl methyl sites for hydroxylation is 2. The summed E-state index contributed by atoms with van der Waals surface area (Å²) in [5, 5.41) is 1.17. The lowest BCUT2D eigenvalue weighted by molar-refractivity contribution is 0.0702. The van der Waals surface area contributed by atoms with Crippen LogP contribution in [0.15, 0.2) is 24.3 Å². The summed E-state index contributed by atoms with van der Waals surface area (Å²) >= 11 is 1.77. The topological polar surface area (TPSA) is 42.4 Å². The highest BCUT2D eigenvalue weighted by Crippen LogP contribution is 2.32. The van der Waals surface area contributed by atoms with Gasteiger partial charge in [0, 0.05) is 36.6 Å². The van der Waals surface area contributed by atoms with E-state index in [2.05, 4.69) is 13.8 Å². The molecule has 24 heavy (non-hydrogen) atoms. The van der Waals surface area contributed by atoms with Gasteiger partial charge in [-0.15, -0.1) is 11.3 Å². The Labute approximate surface area is 147 Å². The fourth-order valence-electron chi connectivity index (χ4n) is 3.22. The molecular formula is C19H24N2O2S. The Morgan fingerprint density at radius 3 is 2.88 bits per heavy atom. The lowest BCUT2D eigenvalue weighted by Crippen LogP contribution is -2.39. The number of rotatable bonds is 4. The maximum Gasteiger partial charge on any atom is 0.254 e. The van der Waals surface area contributed by atoms with E-state index in [4.69, 9.17) is 9.72 Å². The smallest absolute Gasteiger partial charge is 0.254 e. The van der Waals surface area contributed by atoms with Crippen molar-refractivity contribution in [2.45, 2.75) is 39.2 Å². The van der Waals surface area contributed by atoms with E-state index in [0.717, 1.165) is 42.8 Å². The summed E-state index contributed by atoms with van der Waals surface area (Å²) in [6.07, 6.45) is 2.14. The number of thiazole rings is 1. The molecule has 1 fully saturated rings. The molecule has 128 valence electrons. The molecule has 0 radical (unpaired) electrons. The van der Waals surface area contributed by atoms with Crippen molar-refractivity contribution in [2.24, 2.45) is 0 Å². The molecule has 1 saturated heterocycles. The monoisotopic (exact) mass is 344 g/mol. The number of hydrogen-bond donors (Lipinski definition) is 0. The number of aromatic nitrogens is 1. The van der Waals surface area contributed by atoms with Crippen molar-refractivity contribution in [3.8, 4) is 0 Å². The van der Waals surface area contributed by atoms with Gasteiger partial charge in [-0.3, -0.25) is 4.79 Å². The highest BCUT2D eigenvalue weighted by atomic mass is 32.1. The van der Waals surface area contributed by atoms with E-state index in [0.29, 0.717) is 12.5 Å². The molecule has 2 aromatic rings. The SMILES string of the molecule is COCc1ccccc1C(=O)N1CCC[C@H](c2nc(C)c(C)s2)C1. The minimum Gasteiger partial charge on any atom is -0.380 e. The highest BCUT2D eigenvalue weighted by Gasteiger charge is 2.28. The molecule has 1 aromatic heterocycles. The van der Waals surface area contributed by atoms with Crippen LogP contribution in [0.4, 0.5) is 0 Å². The Balaban J connectivity index is 1.78. The molecule has 0 aliphatic carbocycles. The zero-order chi connectivity index (χ0) is 17.1. The fourth-order valence-corrected chi connectivity index (χ4v) is 4.26. The minimum absolute atomic E-state index is 0.109. The van der Waals surface area contributed by atoms with Crippen LogP contribution in [0.3, 0.4) is 0 Å². The highest BCUT2D eigenvalue weighted by molar-refractivity contribution is 7.11. The maximum absolute atomic E-state index is 13.0. The molecule has 1 aliphatic rings. The lowest BCUT2D eigenvalue weighted by Gasteiger charge is -2.32. The average Bonchev–Trinajstić information content (AvgIpc) is 2.94. The van der Waals surface area contributed by atoms with Gasteiger partial charge in [0.05, 0.1) is 17.3 Å². The maximum atomic E-state index is 13.0. The van der Waals surface area contributed by atoms with Gasteiger partial charge in [0.15, 0.2) is 0 Å². The van der Waals surface area contributed by atoms with Crippen molar-refractivity contribution in [3.63, 3.8) is 0 Å². The Morgan fingerprint density at radius 1 is 1.38 bits per heavy atom. The third-order valence-corrected chi connectivity index (χ3v) is 5.89. The lowest BCUT2D eigenvalue weighted by atomic mass is 9.97. The molecule has 3 rings (SSSR count). The van der Waals surface area contributed by atoms with E-state index in [-0.39, 0.29) is 5.91 Å². The third kappa shape index (κ3) is 3.52. The third-order valence-electron chi connectivity index (χ3n) is 4.65. The van der Waals surface area contributed by atoms with Crippen molar-refractivity contribution in [2.75, 3.05) is 20.2 Å². The second-order valence-corrected chi connectivity index (χ2v) is 7.61. The Morgan fingerprint density at radius 2 is 2.17 bits per heavy atom. The molecule has 0 N–H and O–H groups in total. The summed E-state index contributed by atoms with van der Waals surface area (Å²) in [4.78, 5) is 21.0. The second kappa shape index (κ2) is 7.45. The van der Waals surface area contributed by atoms with Gasteiger partial charge in [-0.25, -0.2) is 4.98 Å². The fraction of sp³-hybridized carbons (Fsp3) is 0.474. The van der Waals surface area contributed by atoms with Crippen LogP contribution in [-0.2, 0) is 11.3 Å². The quantitative estimate of drug-likeness (QED) is 0.844. The first-order chi connectivity index (χ1) is 11.6. The van der Waals surface area contributed by atoms with Crippen LogP contribution in [-0.4, -0.2) is 36.0 Å². The Kier molecular flexibility index (Phi) is 5.31. The number of benzene rings is 1. The van der Waals surface area contributed by atoms with Crippen LogP contribution in [0.5, 0.6) is 0 Å². The van der Waals surface area contributed by atoms with Gasteiger partial charge in [0.1, 0.15) is 0 Å². The molecular weight excluding hydrogens is 320 g/mol. The van der Waals surface area contributed by atoms with Crippen LogP contribution < -0.4 is 0 Å². The zero-order valence-electron chi connectivity index (χ0n) is 14.5. The number of amides is 1. The molecule has 0 saturated carbocycles. The standard InChI is InChI=1S/C19H24N2O2S/c1-13-14(2)24-18(20-13)15-8-6-10-21(11-15)19(22)17-9-5-4-7-16(17)12-23-3/h4-5,7,9,15H,6,8,10-12H2,1-3H3/t15-/m0/s1. The van der Waals surface area contributed by atoms with Gasteiger partial charge < -0.3 is 9.64 Å². The summed E-state index contributed by atoms with van der Waals surface area (Å²) in [7, 11) is 1.66. The minimum atomic E-state index is 0.109. The largest absolute Gasteiger partial charge is 0.380 e. The van der Waals surface area contributed by atoms with Gasteiger partial charge in [-0.2, -0.15) is 0 Å². The summed E-state index contributed by atoms with van der Waals surface area (Å²) < 4.78 is 5.23. The van der Waals surface area contributed by atoms with Crippen LogP contribution in [0.25, 0.3) is 0 Å². The van der Waals surface area contributed by atoms with Crippen molar-refractivity contribution in [1.82, 2.24) is 9.88 Å². The van der Waals surface area contributed by atoms with E-state index in [9.17, 15) is 4.79 Å². The van der Waals surface area contributed by atoms with Crippen molar-refractivity contribution in [3.05, 3.63) is 51.0 Å². The van der Waals surface area contributed by atoms with Crippen molar-refractivity contribution < 1.29 is 9.53 Å². The number of methoxy groups -OCH3 is 1. The van der Waals surface area contributed by atoms with Gasteiger partial charge >= 0.3 is 0 Å². The predicted octanol–water partition coefficient (Wildman–Crippen LogP) is 3.93. The van der Waals surface area contributed by atoms with E-state index in [1.165, 1.54) is 9.88 Å². The van der Waals surface area contributed by atoms with Gasteiger partial charge in [0.2, 0.25) is 0 Å². The van der Waals surface area contributed by atoms with Crippen LogP contribution in [0.1, 0.15) is 50.3 Å². The molecule has 0 bridgehead atoms. The molecule has 4 nitrogen and oxygen atoms in total. The number of piperidine rings is 1. The van der Waals surface area contributed by atoms with E-state index >= 15 is 0 Å². The number of nitrogens with zero attached hydrogens (tertiary/aromatic N) is 2. The van der Waals surface area contributed by atoms with Crippen LogP contribution in [0.2, 0.25) is 0 Å². The summed E-state index contributed by atoms with van der Waals surface area (Å²) in [5.41, 5.74) is 2.82. The number of carbonyl (C=O) groups excluding carboxylic acids is 1. The second-order valence-electron chi connectivity index (χ2n) is 6.37. The molecule has 1 aromatic carbocycles. The van der Waals surface area contributed by atoms with Gasteiger partial charge in [-0.1, -0.05) is 18.2 Å². The van der Waals surface area contributed by atoms with E-state index in [1.54, 1.807) is 18.4 Å². The number of likely N-dealkylation sites (tertiary alicyclic amines) is 1. The predicted molar refractivity (Wildman–Crippen MR) is 96.6 cm³/mol. The molecule has 1 amide bonds. The van der Waals surface area contributed by atoms with Gasteiger partial charge in [0.25, 0.3) is 5.91 Å². The Bertz CT molecular complexity index is 706. The number of carbonyl (C=O) groups is 1. The normalized spacial score (nSPS) is 18.0. The molecule has 5 heteroatoms. The summed E-state index contributed by atoms with van der Waals surface area (Å²) in [6, 6.07) is 7.73. The van der Waals surface area contributed by atoms with Crippen molar-refractivity contribution in [1.29, 1.82) is 0 Å². The molecule has 0 spiro atoms. The zero-order valence-corrected chi connectivity index (χ0v) is 15.4. The first kappa shape index (κ1) is 17.1. The Hall–Kier alpha value is -1.72. The molecule has 2 heterocycles. The molecule has 0 unspecified atom stereocenters. The average molecular weight is 344 g/mol. The summed E-state index contributed by atoms with van der Waals surface area (Å²) in [5.74, 6) is 0.465. The summed E-state index contributed by atoms with van der Waals surface area (Å²) in [6.45, 7) is 6.21. The first-order valence-electron chi connectivity index (χ1n) is 8.40. The van der Waals surface area contributed by atoms with Crippen LogP contribution in [0, 0.1) is 13.8 Å². The number of hydrogen-bond acceptors (Lipinski definition) is 4. The van der Waals surface area contributed by atoms with Gasteiger partial charge in [-0.05, 0) is 38.3 Å².